The quantitative estimate of drug-likeness (QED) is 0.752. The fourth-order valence-corrected chi connectivity index (χ4v) is 1.74. The van der Waals surface area contributed by atoms with Gasteiger partial charge in [0.15, 0.2) is 0 Å². The van der Waals surface area contributed by atoms with E-state index in [0.717, 1.165) is 25.3 Å². The largest absolute Gasteiger partial charge is 0.492 e. The van der Waals surface area contributed by atoms with Gasteiger partial charge in [0.25, 0.3) is 0 Å². The summed E-state index contributed by atoms with van der Waals surface area (Å²) in [7, 11) is 0. The lowest BCUT2D eigenvalue weighted by Gasteiger charge is -2.23. The number of nitrogens with zero attached hydrogens (tertiary/aromatic N) is 1. The van der Waals surface area contributed by atoms with Crippen molar-refractivity contribution in [1.82, 2.24) is 0 Å². The van der Waals surface area contributed by atoms with Gasteiger partial charge in [0.1, 0.15) is 5.75 Å². The fourth-order valence-electron chi connectivity index (χ4n) is 1.74. The van der Waals surface area contributed by atoms with Crippen LogP contribution in [0.5, 0.6) is 5.75 Å². The molecule has 0 aliphatic carbocycles. The minimum absolute atomic E-state index is 0.646. The van der Waals surface area contributed by atoms with Gasteiger partial charge in [-0.3, -0.25) is 0 Å². The molecular weight excluding hydrogens is 200 g/mol. The molecule has 0 unspecified atom stereocenters. The minimum Gasteiger partial charge on any atom is -0.492 e. The number of nitrogens with two attached hydrogens (primary N) is 1. The number of ether oxygens (including phenoxy) is 1. The summed E-state index contributed by atoms with van der Waals surface area (Å²) in [4.78, 5) is 2.32. The van der Waals surface area contributed by atoms with Crippen molar-refractivity contribution in [3.63, 3.8) is 0 Å². The SMILES string of the molecule is CCCN(CC)c1ccc(N)c(OCC)c1. The zero-order valence-electron chi connectivity index (χ0n) is 10.5. The summed E-state index contributed by atoms with van der Waals surface area (Å²) in [6.07, 6.45) is 1.14. The van der Waals surface area contributed by atoms with Crippen LogP contribution in [0.25, 0.3) is 0 Å². The number of anilines is 2. The third-order valence-corrected chi connectivity index (χ3v) is 2.54. The average Bonchev–Trinajstić information content (AvgIpc) is 2.29. The smallest absolute Gasteiger partial charge is 0.144 e. The lowest BCUT2D eigenvalue weighted by atomic mass is 10.2. The van der Waals surface area contributed by atoms with Gasteiger partial charge in [0.05, 0.1) is 12.3 Å². The van der Waals surface area contributed by atoms with Crippen molar-refractivity contribution in [2.45, 2.75) is 27.2 Å². The second-order valence-corrected chi connectivity index (χ2v) is 3.73. The zero-order valence-corrected chi connectivity index (χ0v) is 10.5. The third kappa shape index (κ3) is 3.05. The second kappa shape index (κ2) is 6.26. The van der Waals surface area contributed by atoms with Crippen molar-refractivity contribution in [2.24, 2.45) is 0 Å². The van der Waals surface area contributed by atoms with Gasteiger partial charge in [-0.1, -0.05) is 6.92 Å². The monoisotopic (exact) mass is 222 g/mol. The Morgan fingerprint density at radius 2 is 2.00 bits per heavy atom. The predicted molar refractivity (Wildman–Crippen MR) is 70.2 cm³/mol. The van der Waals surface area contributed by atoms with Crippen molar-refractivity contribution in [3.05, 3.63) is 18.2 Å². The fraction of sp³-hybridized carbons (Fsp3) is 0.538. The van der Waals surface area contributed by atoms with E-state index in [1.165, 1.54) is 5.69 Å². The van der Waals surface area contributed by atoms with Crippen molar-refractivity contribution < 1.29 is 4.74 Å². The third-order valence-electron chi connectivity index (χ3n) is 2.54. The molecule has 0 fully saturated rings. The first-order valence-corrected chi connectivity index (χ1v) is 6.00. The van der Waals surface area contributed by atoms with E-state index in [9.17, 15) is 0 Å². The maximum absolute atomic E-state index is 5.85. The Kier molecular flexibility index (Phi) is 4.96. The number of nitrogen functional groups attached to an aromatic ring is 1. The number of hydrogen-bond donors (Lipinski definition) is 1. The standard InChI is InChI=1S/C13H22N2O/c1-4-9-15(5-2)11-7-8-12(14)13(10-11)16-6-3/h7-8,10H,4-6,9,14H2,1-3H3. The first-order valence-electron chi connectivity index (χ1n) is 6.00. The van der Waals surface area contributed by atoms with E-state index in [1.54, 1.807) is 0 Å². The molecular formula is C13H22N2O. The molecule has 0 radical (unpaired) electrons. The van der Waals surface area contributed by atoms with E-state index >= 15 is 0 Å². The van der Waals surface area contributed by atoms with Crippen LogP contribution in [0, 0.1) is 0 Å². The summed E-state index contributed by atoms with van der Waals surface area (Å²) in [5, 5.41) is 0. The molecule has 0 spiro atoms. The first kappa shape index (κ1) is 12.7. The molecule has 1 aromatic carbocycles. The maximum Gasteiger partial charge on any atom is 0.144 e. The summed E-state index contributed by atoms with van der Waals surface area (Å²) in [5.74, 6) is 0.787. The highest BCUT2D eigenvalue weighted by Crippen LogP contribution is 2.27. The molecule has 0 aliphatic rings. The molecule has 0 aliphatic heterocycles. The number of hydrogen-bond acceptors (Lipinski definition) is 3. The van der Waals surface area contributed by atoms with Gasteiger partial charge in [-0.05, 0) is 32.4 Å². The highest BCUT2D eigenvalue weighted by Gasteiger charge is 2.06. The van der Waals surface area contributed by atoms with Crippen LogP contribution in [-0.2, 0) is 0 Å². The lowest BCUT2D eigenvalue weighted by Crippen LogP contribution is -2.23. The van der Waals surface area contributed by atoms with Crippen molar-refractivity contribution >= 4 is 11.4 Å². The Bertz CT molecular complexity index is 326. The Morgan fingerprint density at radius 1 is 1.25 bits per heavy atom. The summed E-state index contributed by atoms with van der Waals surface area (Å²) < 4.78 is 5.50. The van der Waals surface area contributed by atoms with E-state index in [1.807, 2.05) is 19.1 Å². The number of benzene rings is 1. The molecule has 0 bridgehead atoms. The molecule has 16 heavy (non-hydrogen) atoms. The normalized spacial score (nSPS) is 10.2. The van der Waals surface area contributed by atoms with Crippen LogP contribution in [0.4, 0.5) is 11.4 Å². The van der Waals surface area contributed by atoms with Crippen LogP contribution in [0.15, 0.2) is 18.2 Å². The summed E-state index contributed by atoms with van der Waals surface area (Å²) in [6, 6.07) is 5.99. The molecule has 0 saturated carbocycles. The second-order valence-electron chi connectivity index (χ2n) is 3.73. The van der Waals surface area contributed by atoms with E-state index in [0.29, 0.717) is 12.3 Å². The predicted octanol–water partition coefficient (Wildman–Crippen LogP) is 2.90. The van der Waals surface area contributed by atoms with Crippen LogP contribution in [0.3, 0.4) is 0 Å². The lowest BCUT2D eigenvalue weighted by molar-refractivity contribution is 0.342. The van der Waals surface area contributed by atoms with E-state index in [4.69, 9.17) is 10.5 Å². The molecule has 0 amide bonds. The van der Waals surface area contributed by atoms with Gasteiger partial charge in [-0.15, -0.1) is 0 Å². The van der Waals surface area contributed by atoms with Gasteiger partial charge in [-0.25, -0.2) is 0 Å². The maximum atomic E-state index is 5.85. The van der Waals surface area contributed by atoms with E-state index in [-0.39, 0.29) is 0 Å². The minimum atomic E-state index is 0.646. The Morgan fingerprint density at radius 3 is 2.56 bits per heavy atom. The van der Waals surface area contributed by atoms with Crippen molar-refractivity contribution in [2.75, 3.05) is 30.3 Å². The molecule has 0 atom stereocenters. The summed E-state index contributed by atoms with van der Waals surface area (Å²) in [5.41, 5.74) is 7.74. The van der Waals surface area contributed by atoms with Crippen molar-refractivity contribution in [1.29, 1.82) is 0 Å². The summed E-state index contributed by atoms with van der Waals surface area (Å²) in [6.45, 7) is 9.02. The molecule has 0 heterocycles. The van der Waals surface area contributed by atoms with E-state index < -0.39 is 0 Å². The molecule has 1 rings (SSSR count). The molecule has 3 heteroatoms. The van der Waals surface area contributed by atoms with Crippen LogP contribution in [0.2, 0.25) is 0 Å². The molecule has 3 nitrogen and oxygen atoms in total. The molecule has 2 N–H and O–H groups in total. The Hall–Kier alpha value is -1.38. The molecule has 1 aromatic rings. The van der Waals surface area contributed by atoms with Gasteiger partial charge in [-0.2, -0.15) is 0 Å². The van der Waals surface area contributed by atoms with E-state index in [2.05, 4.69) is 24.8 Å². The topological polar surface area (TPSA) is 38.5 Å². The Balaban J connectivity index is 2.91. The van der Waals surface area contributed by atoms with Gasteiger partial charge in [0, 0.05) is 24.8 Å². The van der Waals surface area contributed by atoms with Crippen LogP contribution in [0.1, 0.15) is 27.2 Å². The summed E-state index contributed by atoms with van der Waals surface area (Å²) >= 11 is 0. The molecule has 90 valence electrons. The first-order chi connectivity index (χ1) is 7.72. The highest BCUT2D eigenvalue weighted by atomic mass is 16.5. The average molecular weight is 222 g/mol. The van der Waals surface area contributed by atoms with Gasteiger partial charge >= 0.3 is 0 Å². The molecule has 0 saturated heterocycles. The van der Waals surface area contributed by atoms with Crippen molar-refractivity contribution in [3.8, 4) is 5.75 Å². The van der Waals surface area contributed by atoms with Gasteiger partial charge in [0.2, 0.25) is 0 Å². The zero-order chi connectivity index (χ0) is 12.0. The van der Waals surface area contributed by atoms with Crippen LogP contribution < -0.4 is 15.4 Å². The van der Waals surface area contributed by atoms with Crippen LogP contribution >= 0.6 is 0 Å². The molecule has 0 aromatic heterocycles. The van der Waals surface area contributed by atoms with Crippen LogP contribution in [-0.4, -0.2) is 19.7 Å². The number of rotatable bonds is 6. The highest BCUT2D eigenvalue weighted by molar-refractivity contribution is 5.62. The Labute approximate surface area is 98.2 Å². The van der Waals surface area contributed by atoms with Gasteiger partial charge < -0.3 is 15.4 Å².